The van der Waals surface area contributed by atoms with Gasteiger partial charge in [0.1, 0.15) is 0 Å². The van der Waals surface area contributed by atoms with Crippen molar-refractivity contribution in [3.8, 4) is 0 Å². The summed E-state index contributed by atoms with van der Waals surface area (Å²) in [5, 5.41) is 0. The number of ether oxygens (including phenoxy) is 1. The maximum absolute atomic E-state index is 5.62. The van der Waals surface area contributed by atoms with Gasteiger partial charge in [0.2, 0.25) is 0 Å². The predicted octanol–water partition coefficient (Wildman–Crippen LogP) is 1.26. The van der Waals surface area contributed by atoms with E-state index in [0.717, 1.165) is 12.6 Å². The largest absolute Gasteiger partial charge is 0.376 e. The quantitative estimate of drug-likeness (QED) is 0.565. The maximum Gasteiger partial charge on any atom is 0.0747 e. The molecule has 1 aliphatic carbocycles. The first kappa shape index (κ1) is 7.56. The summed E-state index contributed by atoms with van der Waals surface area (Å²) in [5.41, 5.74) is 0. The van der Waals surface area contributed by atoms with E-state index in [0.29, 0.717) is 12.1 Å². The van der Waals surface area contributed by atoms with Gasteiger partial charge < -0.3 is 4.74 Å². The van der Waals surface area contributed by atoms with E-state index in [1.54, 1.807) is 0 Å². The molecular formula is C9H17NO. The number of hydrogen-bond donors (Lipinski definition) is 0. The van der Waals surface area contributed by atoms with Crippen LogP contribution in [0.4, 0.5) is 0 Å². The molecule has 64 valence electrons. The molecular weight excluding hydrogens is 138 g/mol. The van der Waals surface area contributed by atoms with Crippen molar-refractivity contribution in [3.63, 3.8) is 0 Å². The Hall–Kier alpha value is -0.0800. The fourth-order valence-electron chi connectivity index (χ4n) is 1.98. The average Bonchev–Trinajstić information content (AvgIpc) is 2.60. The first-order valence-corrected chi connectivity index (χ1v) is 4.66. The van der Waals surface area contributed by atoms with Gasteiger partial charge in [-0.15, -0.1) is 0 Å². The summed E-state index contributed by atoms with van der Waals surface area (Å²) < 4.78 is 5.62. The summed E-state index contributed by atoms with van der Waals surface area (Å²) in [7, 11) is 0. The number of hydrogen-bond acceptors (Lipinski definition) is 2. The second-order valence-electron chi connectivity index (χ2n) is 3.90. The van der Waals surface area contributed by atoms with Gasteiger partial charge in [0, 0.05) is 25.2 Å². The van der Waals surface area contributed by atoms with E-state index in [1.165, 1.54) is 19.4 Å². The van der Waals surface area contributed by atoms with Gasteiger partial charge in [-0.25, -0.2) is 0 Å². The third kappa shape index (κ3) is 1.42. The van der Waals surface area contributed by atoms with E-state index < -0.39 is 0 Å². The van der Waals surface area contributed by atoms with Crippen LogP contribution in [0.25, 0.3) is 0 Å². The van der Waals surface area contributed by atoms with Crippen LogP contribution in [0.3, 0.4) is 0 Å². The normalized spacial score (nSPS) is 38.5. The summed E-state index contributed by atoms with van der Waals surface area (Å²) in [4.78, 5) is 2.58. The first-order chi connectivity index (χ1) is 5.29. The summed E-state index contributed by atoms with van der Waals surface area (Å²) in [5.74, 6) is 0. The van der Waals surface area contributed by atoms with Gasteiger partial charge in [-0.05, 0) is 26.7 Å². The number of nitrogens with zero attached hydrogens (tertiary/aromatic N) is 1. The van der Waals surface area contributed by atoms with Gasteiger partial charge in [-0.3, -0.25) is 4.90 Å². The van der Waals surface area contributed by atoms with E-state index in [9.17, 15) is 0 Å². The second-order valence-corrected chi connectivity index (χ2v) is 3.90. The number of rotatable bonds is 1. The molecule has 2 atom stereocenters. The fraction of sp³-hybridized carbons (Fsp3) is 1.00. The summed E-state index contributed by atoms with van der Waals surface area (Å²) in [6.45, 7) is 6.77. The van der Waals surface area contributed by atoms with Crippen LogP contribution in [-0.4, -0.2) is 36.2 Å². The van der Waals surface area contributed by atoms with Crippen molar-refractivity contribution in [2.75, 3.05) is 13.2 Å². The lowest BCUT2D eigenvalue weighted by molar-refractivity contribution is 0.119. The molecule has 2 heteroatoms. The highest BCUT2D eigenvalue weighted by atomic mass is 16.5. The van der Waals surface area contributed by atoms with Gasteiger partial charge in [-0.1, -0.05) is 0 Å². The molecule has 0 spiro atoms. The monoisotopic (exact) mass is 155 g/mol. The highest BCUT2D eigenvalue weighted by molar-refractivity contribution is 4.99. The summed E-state index contributed by atoms with van der Waals surface area (Å²) >= 11 is 0. The van der Waals surface area contributed by atoms with Crippen LogP contribution in [0.1, 0.15) is 26.7 Å². The molecule has 2 aliphatic rings. The second kappa shape index (κ2) is 2.76. The molecule has 0 bridgehead atoms. The van der Waals surface area contributed by atoms with Crippen molar-refractivity contribution in [3.05, 3.63) is 0 Å². The zero-order chi connectivity index (χ0) is 7.84. The Morgan fingerprint density at radius 2 is 2.27 bits per heavy atom. The van der Waals surface area contributed by atoms with Crippen LogP contribution < -0.4 is 0 Å². The van der Waals surface area contributed by atoms with E-state index in [1.807, 2.05) is 0 Å². The summed E-state index contributed by atoms with van der Waals surface area (Å²) in [6.07, 6.45) is 3.07. The smallest absolute Gasteiger partial charge is 0.0747 e. The summed E-state index contributed by atoms with van der Waals surface area (Å²) in [6, 6.07) is 1.46. The SMILES string of the molecule is CC(C)N1CCCO[C@H]2C[C@H]21. The van der Waals surface area contributed by atoms with Gasteiger partial charge in [0.25, 0.3) is 0 Å². The molecule has 0 aromatic rings. The third-order valence-electron chi connectivity index (χ3n) is 2.68. The Morgan fingerprint density at radius 3 is 3.00 bits per heavy atom. The highest BCUT2D eigenvalue weighted by Crippen LogP contribution is 2.34. The minimum absolute atomic E-state index is 0.583. The van der Waals surface area contributed by atoms with E-state index >= 15 is 0 Å². The molecule has 0 aromatic carbocycles. The maximum atomic E-state index is 5.62. The third-order valence-corrected chi connectivity index (χ3v) is 2.68. The van der Waals surface area contributed by atoms with Crippen LogP contribution in [0.5, 0.6) is 0 Å². The molecule has 2 fully saturated rings. The Morgan fingerprint density at radius 1 is 1.45 bits per heavy atom. The molecule has 1 heterocycles. The van der Waals surface area contributed by atoms with Crippen LogP contribution in [0.15, 0.2) is 0 Å². The van der Waals surface area contributed by atoms with Crippen LogP contribution in [0.2, 0.25) is 0 Å². The van der Waals surface area contributed by atoms with Crippen molar-refractivity contribution in [2.24, 2.45) is 0 Å². The average molecular weight is 155 g/mol. The van der Waals surface area contributed by atoms with Gasteiger partial charge in [0.15, 0.2) is 0 Å². The van der Waals surface area contributed by atoms with E-state index in [-0.39, 0.29) is 0 Å². The van der Waals surface area contributed by atoms with Gasteiger partial charge in [0.05, 0.1) is 6.10 Å². The Balaban J connectivity index is 1.96. The van der Waals surface area contributed by atoms with Crippen molar-refractivity contribution >= 4 is 0 Å². The molecule has 1 aliphatic heterocycles. The van der Waals surface area contributed by atoms with E-state index in [2.05, 4.69) is 18.7 Å². The molecule has 0 radical (unpaired) electrons. The van der Waals surface area contributed by atoms with E-state index in [4.69, 9.17) is 4.74 Å². The van der Waals surface area contributed by atoms with Crippen molar-refractivity contribution < 1.29 is 4.74 Å². The van der Waals surface area contributed by atoms with Crippen LogP contribution in [-0.2, 0) is 4.74 Å². The van der Waals surface area contributed by atoms with Crippen molar-refractivity contribution in [1.82, 2.24) is 4.90 Å². The Kier molecular flexibility index (Phi) is 1.90. The molecule has 1 saturated heterocycles. The zero-order valence-corrected chi connectivity index (χ0v) is 7.42. The lowest BCUT2D eigenvalue weighted by Crippen LogP contribution is -2.34. The molecule has 11 heavy (non-hydrogen) atoms. The molecule has 0 unspecified atom stereocenters. The van der Waals surface area contributed by atoms with Crippen molar-refractivity contribution in [1.29, 1.82) is 0 Å². The lowest BCUT2D eigenvalue weighted by Gasteiger charge is -2.24. The standard InChI is InChI=1S/C9H17NO/c1-7(2)10-4-3-5-11-9-6-8(9)10/h7-9H,3-6H2,1-2H3/t8-,9+/m1/s1. The topological polar surface area (TPSA) is 12.5 Å². The molecule has 0 aromatic heterocycles. The minimum Gasteiger partial charge on any atom is -0.376 e. The fourth-order valence-corrected chi connectivity index (χ4v) is 1.98. The molecule has 1 saturated carbocycles. The molecule has 0 amide bonds. The van der Waals surface area contributed by atoms with Gasteiger partial charge in [-0.2, -0.15) is 0 Å². The van der Waals surface area contributed by atoms with Crippen molar-refractivity contribution in [2.45, 2.75) is 44.9 Å². The van der Waals surface area contributed by atoms with Crippen LogP contribution >= 0.6 is 0 Å². The zero-order valence-electron chi connectivity index (χ0n) is 7.42. The highest BCUT2D eigenvalue weighted by Gasteiger charge is 2.44. The Labute approximate surface area is 68.5 Å². The predicted molar refractivity (Wildman–Crippen MR) is 44.6 cm³/mol. The lowest BCUT2D eigenvalue weighted by atomic mass is 10.3. The van der Waals surface area contributed by atoms with Gasteiger partial charge >= 0.3 is 0 Å². The molecule has 0 N–H and O–H groups in total. The Bertz CT molecular complexity index is 146. The van der Waals surface area contributed by atoms with Crippen LogP contribution in [0, 0.1) is 0 Å². The number of fused-ring (bicyclic) bond motifs is 1. The first-order valence-electron chi connectivity index (χ1n) is 4.66. The minimum atomic E-state index is 0.583. The molecule has 2 rings (SSSR count). The molecule has 2 nitrogen and oxygen atoms in total.